The van der Waals surface area contributed by atoms with E-state index in [4.69, 9.17) is 9.52 Å². The third-order valence-electron chi connectivity index (χ3n) is 3.78. The summed E-state index contributed by atoms with van der Waals surface area (Å²) in [5.74, 6) is 0.508. The maximum atomic E-state index is 12.0. The fraction of sp³-hybridized carbons (Fsp3) is 0.625. The van der Waals surface area contributed by atoms with Crippen LogP contribution in [0, 0.1) is 11.8 Å². The number of carboxylic acid groups (broad SMARTS) is 1. The van der Waals surface area contributed by atoms with E-state index in [1.807, 2.05) is 6.92 Å². The molecule has 1 aromatic heterocycles. The van der Waals surface area contributed by atoms with Gasteiger partial charge in [-0.25, -0.2) is 0 Å². The molecule has 1 heterocycles. The molecule has 0 bridgehead atoms. The Morgan fingerprint density at radius 1 is 1.33 bits per heavy atom. The van der Waals surface area contributed by atoms with E-state index in [0.29, 0.717) is 42.5 Å². The molecule has 0 fully saturated rings. The first-order valence-corrected chi connectivity index (χ1v) is 7.52. The standard InChI is InChI=1S/C16H25NO4/c1-4-14-13(8-10-21-14)16(20)17-9-7-12(11(2)3)5-6-15(18)19/h8,10-12H,4-7,9H2,1-3H3,(H,17,20)(H,18,19). The van der Waals surface area contributed by atoms with Gasteiger partial charge in [0.15, 0.2) is 0 Å². The maximum Gasteiger partial charge on any atom is 0.303 e. The van der Waals surface area contributed by atoms with Gasteiger partial charge in [-0.2, -0.15) is 0 Å². The van der Waals surface area contributed by atoms with Crippen LogP contribution in [0.1, 0.15) is 56.2 Å². The molecule has 1 unspecified atom stereocenters. The van der Waals surface area contributed by atoms with Crippen LogP contribution in [0.4, 0.5) is 0 Å². The lowest BCUT2D eigenvalue weighted by Gasteiger charge is -2.20. The highest BCUT2D eigenvalue weighted by molar-refractivity contribution is 5.95. The van der Waals surface area contributed by atoms with Gasteiger partial charge in [0.1, 0.15) is 5.76 Å². The van der Waals surface area contributed by atoms with Gasteiger partial charge in [0.2, 0.25) is 0 Å². The average Bonchev–Trinajstić information content (AvgIpc) is 2.90. The lowest BCUT2D eigenvalue weighted by molar-refractivity contribution is -0.137. The summed E-state index contributed by atoms with van der Waals surface area (Å²) in [5, 5.41) is 11.6. The number of furan rings is 1. The molecule has 0 aliphatic carbocycles. The molecule has 5 nitrogen and oxygen atoms in total. The summed E-state index contributed by atoms with van der Waals surface area (Å²) in [5.41, 5.74) is 0.587. The first-order chi connectivity index (χ1) is 9.95. The lowest BCUT2D eigenvalue weighted by atomic mass is 9.88. The highest BCUT2D eigenvalue weighted by Gasteiger charge is 2.17. The van der Waals surface area contributed by atoms with Crippen LogP contribution in [0.2, 0.25) is 0 Å². The van der Waals surface area contributed by atoms with Gasteiger partial charge in [0, 0.05) is 19.4 Å². The summed E-state index contributed by atoms with van der Waals surface area (Å²) in [4.78, 5) is 22.7. The van der Waals surface area contributed by atoms with Crippen LogP contribution >= 0.6 is 0 Å². The van der Waals surface area contributed by atoms with E-state index in [1.54, 1.807) is 6.07 Å². The molecule has 2 N–H and O–H groups in total. The molecule has 0 saturated heterocycles. The second-order valence-electron chi connectivity index (χ2n) is 5.59. The zero-order valence-corrected chi connectivity index (χ0v) is 13.0. The molecule has 5 heteroatoms. The molecule has 0 radical (unpaired) electrons. The van der Waals surface area contributed by atoms with Gasteiger partial charge in [-0.1, -0.05) is 20.8 Å². The average molecular weight is 295 g/mol. The third-order valence-corrected chi connectivity index (χ3v) is 3.78. The molecule has 1 amide bonds. The number of hydrogen-bond donors (Lipinski definition) is 2. The molecular weight excluding hydrogens is 270 g/mol. The van der Waals surface area contributed by atoms with Crippen LogP contribution in [-0.4, -0.2) is 23.5 Å². The molecule has 1 aromatic rings. The fourth-order valence-corrected chi connectivity index (χ4v) is 2.40. The van der Waals surface area contributed by atoms with Gasteiger partial charge in [-0.15, -0.1) is 0 Å². The summed E-state index contributed by atoms with van der Waals surface area (Å²) in [6.45, 7) is 6.66. The van der Waals surface area contributed by atoms with Gasteiger partial charge in [-0.3, -0.25) is 9.59 Å². The van der Waals surface area contributed by atoms with E-state index < -0.39 is 5.97 Å². The second-order valence-corrected chi connectivity index (χ2v) is 5.59. The quantitative estimate of drug-likeness (QED) is 0.733. The Kier molecular flexibility index (Phi) is 6.99. The molecule has 21 heavy (non-hydrogen) atoms. The first kappa shape index (κ1) is 17.3. The maximum absolute atomic E-state index is 12.0. The molecule has 0 spiro atoms. The first-order valence-electron chi connectivity index (χ1n) is 7.52. The SMILES string of the molecule is CCc1occc1C(=O)NCCC(CCC(=O)O)C(C)C. The van der Waals surface area contributed by atoms with Gasteiger partial charge >= 0.3 is 5.97 Å². The van der Waals surface area contributed by atoms with Gasteiger partial charge in [-0.05, 0) is 30.7 Å². The summed E-state index contributed by atoms with van der Waals surface area (Å²) in [6, 6.07) is 1.68. The van der Waals surface area contributed by atoms with E-state index in [0.717, 1.165) is 6.42 Å². The van der Waals surface area contributed by atoms with Crippen LogP contribution in [0.5, 0.6) is 0 Å². The Labute approximate surface area is 125 Å². The topological polar surface area (TPSA) is 79.5 Å². The van der Waals surface area contributed by atoms with Crippen molar-refractivity contribution in [3.8, 4) is 0 Å². The highest BCUT2D eigenvalue weighted by atomic mass is 16.4. The number of rotatable bonds is 9. The van der Waals surface area contributed by atoms with Crippen molar-refractivity contribution < 1.29 is 19.1 Å². The minimum absolute atomic E-state index is 0.124. The number of carbonyl (C=O) groups excluding carboxylic acids is 1. The minimum atomic E-state index is -0.768. The van der Waals surface area contributed by atoms with Gasteiger partial charge in [0.25, 0.3) is 5.91 Å². The van der Waals surface area contributed by atoms with Crippen LogP contribution < -0.4 is 5.32 Å². The predicted molar refractivity (Wildman–Crippen MR) is 80.2 cm³/mol. The van der Waals surface area contributed by atoms with Crippen molar-refractivity contribution in [2.24, 2.45) is 11.8 Å². The third kappa shape index (κ3) is 5.61. The van der Waals surface area contributed by atoms with Gasteiger partial charge < -0.3 is 14.8 Å². The zero-order chi connectivity index (χ0) is 15.8. The molecule has 118 valence electrons. The Morgan fingerprint density at radius 2 is 2.05 bits per heavy atom. The van der Waals surface area contributed by atoms with Gasteiger partial charge in [0.05, 0.1) is 11.8 Å². The van der Waals surface area contributed by atoms with Crippen molar-refractivity contribution in [1.29, 1.82) is 0 Å². The van der Waals surface area contributed by atoms with Crippen LogP contribution in [-0.2, 0) is 11.2 Å². The number of hydrogen-bond acceptors (Lipinski definition) is 3. The molecule has 0 saturated carbocycles. The number of nitrogens with one attached hydrogen (secondary N) is 1. The molecule has 0 aromatic carbocycles. The molecule has 0 aliphatic heterocycles. The number of amides is 1. The summed E-state index contributed by atoms with van der Waals surface area (Å²) >= 11 is 0. The summed E-state index contributed by atoms with van der Waals surface area (Å²) in [6.07, 6.45) is 3.82. The lowest BCUT2D eigenvalue weighted by Crippen LogP contribution is -2.27. The normalized spacial score (nSPS) is 12.4. The van der Waals surface area contributed by atoms with E-state index >= 15 is 0 Å². The molecule has 0 aliphatic rings. The number of aliphatic carboxylic acids is 1. The Morgan fingerprint density at radius 3 is 2.62 bits per heavy atom. The Bertz CT molecular complexity index is 465. The van der Waals surface area contributed by atoms with E-state index in [2.05, 4.69) is 19.2 Å². The number of carbonyl (C=O) groups is 2. The minimum Gasteiger partial charge on any atom is -0.481 e. The fourth-order valence-electron chi connectivity index (χ4n) is 2.40. The zero-order valence-electron chi connectivity index (χ0n) is 13.0. The smallest absolute Gasteiger partial charge is 0.303 e. The summed E-state index contributed by atoms with van der Waals surface area (Å²) < 4.78 is 5.24. The Balaban J connectivity index is 2.43. The molecule has 1 atom stereocenters. The molecular formula is C16H25NO4. The number of aryl methyl sites for hydroxylation is 1. The van der Waals surface area contributed by atoms with Crippen LogP contribution in [0.15, 0.2) is 16.7 Å². The predicted octanol–water partition coefficient (Wildman–Crippen LogP) is 3.10. The van der Waals surface area contributed by atoms with E-state index in [1.165, 1.54) is 6.26 Å². The highest BCUT2D eigenvalue weighted by Crippen LogP contribution is 2.20. The largest absolute Gasteiger partial charge is 0.481 e. The van der Waals surface area contributed by atoms with Crippen molar-refractivity contribution >= 4 is 11.9 Å². The van der Waals surface area contributed by atoms with Crippen LogP contribution in [0.25, 0.3) is 0 Å². The van der Waals surface area contributed by atoms with E-state index in [-0.39, 0.29) is 12.3 Å². The van der Waals surface area contributed by atoms with Crippen molar-refractivity contribution in [3.05, 3.63) is 23.7 Å². The van der Waals surface area contributed by atoms with Crippen LogP contribution in [0.3, 0.4) is 0 Å². The number of carboxylic acids is 1. The summed E-state index contributed by atoms with van der Waals surface area (Å²) in [7, 11) is 0. The van der Waals surface area contributed by atoms with Crippen molar-refractivity contribution in [2.45, 2.75) is 46.5 Å². The van der Waals surface area contributed by atoms with Crippen molar-refractivity contribution in [1.82, 2.24) is 5.32 Å². The van der Waals surface area contributed by atoms with E-state index in [9.17, 15) is 9.59 Å². The second kappa shape index (κ2) is 8.49. The molecule has 1 rings (SSSR count). The monoisotopic (exact) mass is 295 g/mol. The Hall–Kier alpha value is -1.78. The van der Waals surface area contributed by atoms with Crippen molar-refractivity contribution in [3.63, 3.8) is 0 Å². The van der Waals surface area contributed by atoms with Crippen molar-refractivity contribution in [2.75, 3.05) is 6.54 Å².